The maximum Gasteiger partial charge on any atom is 0.179 e. The van der Waals surface area contributed by atoms with Gasteiger partial charge in [-0.1, -0.05) is 151 Å². The van der Waals surface area contributed by atoms with Crippen LogP contribution in [0.2, 0.25) is 0 Å². The average Bonchev–Trinajstić information content (AvgIpc) is 3.30. The number of allylic oxidation sites excluding steroid dienone is 4. The van der Waals surface area contributed by atoms with E-state index in [1.165, 1.54) is 20.8 Å². The van der Waals surface area contributed by atoms with Gasteiger partial charge in [-0.2, -0.15) is 0 Å². The molecule has 2 unspecified atom stereocenters. The minimum atomic E-state index is -2.46. The summed E-state index contributed by atoms with van der Waals surface area (Å²) >= 11 is 0. The van der Waals surface area contributed by atoms with Crippen LogP contribution in [0.25, 0.3) is 0 Å². The summed E-state index contributed by atoms with van der Waals surface area (Å²) in [5, 5.41) is 5.81. The Morgan fingerprint density at radius 3 is 1.26 bits per heavy atom. The fraction of sp³-hybridized carbons (Fsp3) is 0.312. The first-order chi connectivity index (χ1) is 16.0. The van der Waals surface area contributed by atoms with Crippen molar-refractivity contribution in [3.05, 3.63) is 114 Å². The van der Waals surface area contributed by atoms with Crippen molar-refractivity contribution in [3.63, 3.8) is 0 Å². The minimum Gasteiger partial charge on any atom is -0.129 e. The van der Waals surface area contributed by atoms with Crippen LogP contribution in [0, 0.1) is 16.7 Å². The van der Waals surface area contributed by atoms with Gasteiger partial charge in [0.1, 0.15) is 0 Å². The summed E-state index contributed by atoms with van der Waals surface area (Å²) in [6, 6.07) is 33.6. The molecule has 0 radical (unpaired) electrons. The van der Waals surface area contributed by atoms with Crippen molar-refractivity contribution in [1.82, 2.24) is 0 Å². The van der Waals surface area contributed by atoms with Crippen LogP contribution in [0.3, 0.4) is 0 Å². The Morgan fingerprint density at radius 2 is 0.941 bits per heavy atom. The third-order valence-corrected chi connectivity index (χ3v) is 14.8. The molecule has 1 aliphatic carbocycles. The Morgan fingerprint density at radius 1 is 0.588 bits per heavy atom. The molecular weight excluding hydrogens is 443 g/mol. The number of hydrogen-bond donors (Lipinski definition) is 0. The molecule has 2 heteroatoms. The number of hydrogen-bond acceptors (Lipinski definition) is 0. The highest BCUT2D eigenvalue weighted by atomic mass is 31.0. The molecule has 3 aromatic rings. The summed E-state index contributed by atoms with van der Waals surface area (Å²) in [7, 11) is 0.850. The van der Waals surface area contributed by atoms with Gasteiger partial charge in [0.15, 0.2) is 8.07 Å². The molecule has 0 spiro atoms. The first-order valence-electron chi connectivity index (χ1n) is 12.4. The van der Waals surface area contributed by atoms with Crippen molar-refractivity contribution >= 4 is 32.9 Å². The molecule has 3 aromatic carbocycles. The van der Waals surface area contributed by atoms with Crippen molar-refractivity contribution in [2.75, 3.05) is 0 Å². The fourth-order valence-corrected chi connectivity index (χ4v) is 11.3. The van der Waals surface area contributed by atoms with Gasteiger partial charge >= 0.3 is 0 Å². The zero-order valence-corrected chi connectivity index (χ0v) is 23.7. The first kappa shape index (κ1) is 24.9. The van der Waals surface area contributed by atoms with E-state index in [0.717, 1.165) is 0 Å². The largest absolute Gasteiger partial charge is 0.179 e. The molecule has 1 aliphatic rings. The Bertz CT molecular complexity index is 1050. The molecule has 34 heavy (non-hydrogen) atoms. The van der Waals surface area contributed by atoms with E-state index in [9.17, 15) is 0 Å². The molecule has 0 N–H and O–H groups in total. The third kappa shape index (κ3) is 3.98. The van der Waals surface area contributed by atoms with Crippen LogP contribution < -0.4 is 15.6 Å². The summed E-state index contributed by atoms with van der Waals surface area (Å²) in [4.78, 5) is 0. The highest BCUT2D eigenvalue weighted by molar-refractivity contribution is 7.19. The lowest BCUT2D eigenvalue weighted by atomic mass is 9.60. The van der Waals surface area contributed by atoms with Gasteiger partial charge in [0.05, 0.1) is 0 Å². The summed E-state index contributed by atoms with van der Waals surface area (Å²) in [5.74, 6) is 0.343. The van der Waals surface area contributed by atoms with E-state index in [2.05, 4.69) is 160 Å². The van der Waals surface area contributed by atoms with Crippen molar-refractivity contribution in [2.45, 2.75) is 46.7 Å². The average molecular weight is 483 g/mol. The van der Waals surface area contributed by atoms with E-state index in [1.54, 1.807) is 0 Å². The summed E-state index contributed by atoms with van der Waals surface area (Å²) in [6.45, 7) is 14.3. The van der Waals surface area contributed by atoms with Crippen LogP contribution >= 0.6 is 9.24 Å². The standard InChI is InChI=1S/C32H39PSi/c1-30(2,3)32(33,31(4,5)6)25-22-23-29(24-25)34(26-16-10-7-11-17-26,27-18-12-8-13-19-27)28-20-14-9-15-21-28/h7-25H,33H2,1-6H3. The van der Waals surface area contributed by atoms with Crippen LogP contribution in [-0.2, 0) is 0 Å². The molecule has 4 rings (SSSR count). The van der Waals surface area contributed by atoms with Gasteiger partial charge in [-0.3, -0.25) is 0 Å². The van der Waals surface area contributed by atoms with Gasteiger partial charge in [0, 0.05) is 11.1 Å². The lowest BCUT2D eigenvalue weighted by Crippen LogP contribution is -2.68. The molecule has 0 saturated carbocycles. The molecule has 0 aromatic heterocycles. The summed E-state index contributed by atoms with van der Waals surface area (Å²) in [5.41, 5.74) is 0.237. The van der Waals surface area contributed by atoms with Crippen LogP contribution in [-0.4, -0.2) is 13.2 Å². The quantitative estimate of drug-likeness (QED) is 0.221. The Hall–Kier alpha value is -2.21. The lowest BCUT2D eigenvalue weighted by molar-refractivity contribution is 0.117. The Kier molecular flexibility index (Phi) is 6.66. The predicted octanol–water partition coefficient (Wildman–Crippen LogP) is 6.51. The second-order valence-electron chi connectivity index (χ2n) is 11.7. The molecule has 0 saturated heterocycles. The molecule has 0 bridgehead atoms. The molecule has 176 valence electrons. The lowest BCUT2D eigenvalue weighted by Gasteiger charge is -2.54. The number of rotatable bonds is 5. The van der Waals surface area contributed by atoms with Crippen LogP contribution in [0.4, 0.5) is 0 Å². The van der Waals surface area contributed by atoms with Crippen LogP contribution in [0.5, 0.6) is 0 Å². The SMILES string of the molecule is CC(C)(C)C(P)(C1C=CC([Si](c2ccccc2)(c2ccccc2)c2ccccc2)=C1)C(C)(C)C. The molecule has 0 nitrogen and oxygen atoms in total. The van der Waals surface area contributed by atoms with Gasteiger partial charge in [-0.25, -0.2) is 0 Å². The van der Waals surface area contributed by atoms with Crippen molar-refractivity contribution < 1.29 is 0 Å². The van der Waals surface area contributed by atoms with Crippen molar-refractivity contribution in [3.8, 4) is 0 Å². The van der Waals surface area contributed by atoms with Crippen LogP contribution in [0.15, 0.2) is 114 Å². The molecule has 0 heterocycles. The monoisotopic (exact) mass is 482 g/mol. The molecule has 0 fully saturated rings. The Balaban J connectivity index is 2.03. The fourth-order valence-electron chi connectivity index (χ4n) is 6.23. The van der Waals surface area contributed by atoms with Crippen LogP contribution in [0.1, 0.15) is 41.5 Å². The van der Waals surface area contributed by atoms with Gasteiger partial charge in [0.2, 0.25) is 0 Å². The van der Waals surface area contributed by atoms with E-state index in [-0.39, 0.29) is 16.0 Å². The Labute approximate surface area is 210 Å². The summed E-state index contributed by atoms with van der Waals surface area (Å²) < 4.78 is 0. The maximum atomic E-state index is 3.31. The zero-order chi connectivity index (χ0) is 24.6. The van der Waals surface area contributed by atoms with E-state index < -0.39 is 8.07 Å². The number of benzene rings is 3. The minimum absolute atomic E-state index is 0.0163. The normalized spacial score (nSPS) is 17.0. The van der Waals surface area contributed by atoms with Crippen molar-refractivity contribution in [1.29, 1.82) is 0 Å². The molecular formula is C32H39PSi. The molecule has 0 amide bonds. The third-order valence-electron chi connectivity index (χ3n) is 7.90. The maximum absolute atomic E-state index is 3.31. The second-order valence-corrected chi connectivity index (χ2v) is 16.4. The van der Waals surface area contributed by atoms with E-state index in [1.807, 2.05) is 0 Å². The van der Waals surface area contributed by atoms with E-state index in [4.69, 9.17) is 0 Å². The van der Waals surface area contributed by atoms with Gasteiger partial charge in [-0.15, -0.1) is 9.24 Å². The highest BCUT2D eigenvalue weighted by Gasteiger charge is 2.53. The van der Waals surface area contributed by atoms with E-state index >= 15 is 0 Å². The summed E-state index contributed by atoms with van der Waals surface area (Å²) in [6.07, 6.45) is 7.55. The van der Waals surface area contributed by atoms with Gasteiger partial charge in [-0.05, 0) is 31.6 Å². The van der Waals surface area contributed by atoms with Crippen molar-refractivity contribution in [2.24, 2.45) is 16.7 Å². The van der Waals surface area contributed by atoms with Gasteiger partial charge < -0.3 is 0 Å². The predicted molar refractivity (Wildman–Crippen MR) is 156 cm³/mol. The molecule has 0 aliphatic heterocycles. The van der Waals surface area contributed by atoms with E-state index in [0.29, 0.717) is 5.92 Å². The second kappa shape index (κ2) is 9.10. The van der Waals surface area contributed by atoms with Gasteiger partial charge in [0.25, 0.3) is 0 Å². The zero-order valence-electron chi connectivity index (χ0n) is 21.5. The molecule has 2 atom stereocenters. The first-order valence-corrected chi connectivity index (χ1v) is 15.0. The topological polar surface area (TPSA) is 0 Å². The highest BCUT2D eigenvalue weighted by Crippen LogP contribution is 2.57. The smallest absolute Gasteiger partial charge is 0.129 e.